The lowest BCUT2D eigenvalue weighted by Gasteiger charge is -2.04. The summed E-state index contributed by atoms with van der Waals surface area (Å²) < 4.78 is 1.82. The Kier molecular flexibility index (Phi) is 4.22. The van der Waals surface area contributed by atoms with Crippen LogP contribution in [0.5, 0.6) is 0 Å². The van der Waals surface area contributed by atoms with Crippen molar-refractivity contribution in [2.45, 2.75) is 26.9 Å². The van der Waals surface area contributed by atoms with E-state index < -0.39 is 0 Å². The molecule has 0 aromatic carbocycles. The number of rotatable bonds is 6. The van der Waals surface area contributed by atoms with Gasteiger partial charge in [0.15, 0.2) is 5.82 Å². The normalized spacial score (nSPS) is 11.2. The van der Waals surface area contributed by atoms with Gasteiger partial charge in [-0.3, -0.25) is 0 Å². The Hall–Kier alpha value is -1.27. The summed E-state index contributed by atoms with van der Waals surface area (Å²) in [6, 6.07) is 0. The maximum Gasteiger partial charge on any atom is 0.164 e. The minimum absolute atomic E-state index is 0.646. The summed E-state index contributed by atoms with van der Waals surface area (Å²) in [5, 5.41) is 10.7. The van der Waals surface area contributed by atoms with E-state index in [1.54, 1.807) is 17.7 Å². The van der Waals surface area contributed by atoms with E-state index in [4.69, 9.17) is 0 Å². The summed E-state index contributed by atoms with van der Waals surface area (Å²) >= 11 is 1.63. The Balaban J connectivity index is 1.83. The molecule has 0 radical (unpaired) electrons. The smallest absolute Gasteiger partial charge is 0.164 e. The average Bonchev–Trinajstić information content (AvgIpc) is 2.90. The fraction of sp³-hybridized carbons (Fsp3) is 0.545. The molecule has 0 fully saturated rings. The number of hydrogen-bond acceptors (Lipinski definition) is 5. The predicted octanol–water partition coefficient (Wildman–Crippen LogP) is 1.53. The molecule has 2 aromatic rings. The van der Waals surface area contributed by atoms with Crippen molar-refractivity contribution in [3.63, 3.8) is 0 Å². The van der Waals surface area contributed by atoms with Crippen molar-refractivity contribution in [2.24, 2.45) is 5.92 Å². The Morgan fingerprint density at radius 2 is 2.29 bits per heavy atom. The van der Waals surface area contributed by atoms with Gasteiger partial charge in [-0.15, -0.1) is 11.3 Å². The number of hydrogen-bond donors (Lipinski definition) is 1. The largest absolute Gasteiger partial charge is 0.310 e. The van der Waals surface area contributed by atoms with Crippen LogP contribution in [0.25, 0.3) is 0 Å². The van der Waals surface area contributed by atoms with Crippen molar-refractivity contribution in [1.82, 2.24) is 25.1 Å². The first-order chi connectivity index (χ1) is 8.24. The van der Waals surface area contributed by atoms with Crippen LogP contribution in [0.2, 0.25) is 0 Å². The van der Waals surface area contributed by atoms with E-state index in [2.05, 4.69) is 34.2 Å². The molecule has 0 unspecified atom stereocenters. The molecule has 1 N–H and O–H groups in total. The fourth-order valence-electron chi connectivity index (χ4n) is 1.43. The summed E-state index contributed by atoms with van der Waals surface area (Å²) in [7, 11) is 0. The lowest BCUT2D eigenvalue weighted by atomic mass is 10.2. The zero-order valence-corrected chi connectivity index (χ0v) is 10.9. The second-order valence-electron chi connectivity index (χ2n) is 4.31. The van der Waals surface area contributed by atoms with Crippen molar-refractivity contribution < 1.29 is 0 Å². The standard InChI is InChI=1S/C11H17N5S/c1-9(2)5-12-6-10-14-8-16(15-10)7-11-13-3-4-17-11/h3-4,8-9,12H,5-7H2,1-2H3. The molecular weight excluding hydrogens is 234 g/mol. The number of nitrogens with one attached hydrogen (secondary N) is 1. The molecule has 0 atom stereocenters. The molecule has 2 heterocycles. The zero-order valence-electron chi connectivity index (χ0n) is 10.1. The first-order valence-corrected chi connectivity index (χ1v) is 6.59. The lowest BCUT2D eigenvalue weighted by molar-refractivity contribution is 0.539. The van der Waals surface area contributed by atoms with Crippen LogP contribution in [0.3, 0.4) is 0 Å². The van der Waals surface area contributed by atoms with Crippen LogP contribution in [0.1, 0.15) is 24.7 Å². The van der Waals surface area contributed by atoms with E-state index in [1.807, 2.05) is 16.3 Å². The average molecular weight is 251 g/mol. The molecule has 0 bridgehead atoms. The highest BCUT2D eigenvalue weighted by Crippen LogP contribution is 2.05. The van der Waals surface area contributed by atoms with Gasteiger partial charge in [0.25, 0.3) is 0 Å². The van der Waals surface area contributed by atoms with E-state index in [1.165, 1.54) is 0 Å². The Bertz CT molecular complexity index is 434. The molecule has 0 aliphatic heterocycles. The highest BCUT2D eigenvalue weighted by atomic mass is 32.1. The summed E-state index contributed by atoms with van der Waals surface area (Å²) in [5.74, 6) is 1.48. The molecule has 5 nitrogen and oxygen atoms in total. The van der Waals surface area contributed by atoms with Gasteiger partial charge in [-0.25, -0.2) is 14.6 Å². The molecule has 0 aliphatic rings. The summed E-state index contributed by atoms with van der Waals surface area (Å²) in [4.78, 5) is 8.48. The monoisotopic (exact) mass is 251 g/mol. The van der Waals surface area contributed by atoms with Gasteiger partial charge in [0.1, 0.15) is 11.3 Å². The topological polar surface area (TPSA) is 55.6 Å². The summed E-state index contributed by atoms with van der Waals surface area (Å²) in [6.07, 6.45) is 3.57. The van der Waals surface area contributed by atoms with Gasteiger partial charge >= 0.3 is 0 Å². The molecular formula is C11H17N5S. The minimum atomic E-state index is 0.646. The SMILES string of the molecule is CC(C)CNCc1ncn(Cc2nccs2)n1. The van der Waals surface area contributed by atoms with Crippen LogP contribution in [-0.2, 0) is 13.1 Å². The molecule has 0 aliphatic carbocycles. The Labute approximate surface area is 105 Å². The van der Waals surface area contributed by atoms with Gasteiger partial charge in [0.2, 0.25) is 0 Å². The van der Waals surface area contributed by atoms with E-state index in [0.717, 1.165) is 23.9 Å². The molecule has 0 spiro atoms. The van der Waals surface area contributed by atoms with Crippen molar-refractivity contribution in [2.75, 3.05) is 6.54 Å². The predicted molar refractivity (Wildman–Crippen MR) is 67.8 cm³/mol. The Morgan fingerprint density at radius 3 is 3.00 bits per heavy atom. The lowest BCUT2D eigenvalue weighted by Crippen LogP contribution is -2.19. The van der Waals surface area contributed by atoms with Crippen molar-refractivity contribution in [3.8, 4) is 0 Å². The summed E-state index contributed by atoms with van der Waals surface area (Å²) in [5.41, 5.74) is 0. The maximum atomic E-state index is 4.39. The molecule has 6 heteroatoms. The third-order valence-corrected chi connectivity index (χ3v) is 2.96. The van der Waals surface area contributed by atoms with Crippen LogP contribution in [0, 0.1) is 5.92 Å². The molecule has 0 saturated heterocycles. The fourth-order valence-corrected chi connectivity index (χ4v) is 2.04. The van der Waals surface area contributed by atoms with Crippen molar-refractivity contribution in [1.29, 1.82) is 0 Å². The first kappa shape index (κ1) is 12.2. The highest BCUT2D eigenvalue weighted by Gasteiger charge is 2.03. The van der Waals surface area contributed by atoms with Crippen LogP contribution in [0.4, 0.5) is 0 Å². The van der Waals surface area contributed by atoms with Gasteiger partial charge in [-0.2, -0.15) is 5.10 Å². The van der Waals surface area contributed by atoms with Crippen LogP contribution in [0.15, 0.2) is 17.9 Å². The third kappa shape index (κ3) is 3.90. The molecule has 2 aromatic heterocycles. The van der Waals surface area contributed by atoms with Gasteiger partial charge in [-0.1, -0.05) is 13.8 Å². The highest BCUT2D eigenvalue weighted by molar-refractivity contribution is 7.09. The van der Waals surface area contributed by atoms with Gasteiger partial charge in [0.05, 0.1) is 13.1 Å². The van der Waals surface area contributed by atoms with E-state index in [0.29, 0.717) is 12.5 Å². The molecule has 0 saturated carbocycles. The quantitative estimate of drug-likeness (QED) is 0.846. The summed E-state index contributed by atoms with van der Waals surface area (Å²) in [6.45, 7) is 6.78. The number of thiazole rings is 1. The first-order valence-electron chi connectivity index (χ1n) is 5.71. The van der Waals surface area contributed by atoms with Crippen molar-refractivity contribution in [3.05, 3.63) is 28.7 Å². The molecule has 92 valence electrons. The van der Waals surface area contributed by atoms with Gasteiger partial charge in [0, 0.05) is 11.6 Å². The van der Waals surface area contributed by atoms with Crippen molar-refractivity contribution >= 4 is 11.3 Å². The number of aromatic nitrogens is 4. The second-order valence-corrected chi connectivity index (χ2v) is 5.29. The third-order valence-electron chi connectivity index (χ3n) is 2.20. The second kappa shape index (κ2) is 5.88. The van der Waals surface area contributed by atoms with Crippen LogP contribution < -0.4 is 5.32 Å². The van der Waals surface area contributed by atoms with Gasteiger partial charge in [-0.05, 0) is 12.5 Å². The molecule has 2 rings (SSSR count). The van der Waals surface area contributed by atoms with Gasteiger partial charge < -0.3 is 5.32 Å². The maximum absolute atomic E-state index is 4.39. The molecule has 0 amide bonds. The van der Waals surface area contributed by atoms with E-state index in [-0.39, 0.29) is 0 Å². The number of nitrogens with zero attached hydrogens (tertiary/aromatic N) is 4. The Morgan fingerprint density at radius 1 is 1.41 bits per heavy atom. The minimum Gasteiger partial charge on any atom is -0.310 e. The van der Waals surface area contributed by atoms with E-state index >= 15 is 0 Å². The zero-order chi connectivity index (χ0) is 12.1. The molecule has 17 heavy (non-hydrogen) atoms. The van der Waals surface area contributed by atoms with E-state index in [9.17, 15) is 0 Å². The van der Waals surface area contributed by atoms with Crippen LogP contribution >= 0.6 is 11.3 Å². The van der Waals surface area contributed by atoms with Crippen LogP contribution in [-0.4, -0.2) is 26.3 Å².